The van der Waals surface area contributed by atoms with Crippen molar-refractivity contribution in [3.63, 3.8) is 0 Å². The van der Waals surface area contributed by atoms with E-state index in [-0.39, 0.29) is 43.3 Å². The van der Waals surface area contributed by atoms with Crippen LogP contribution in [-0.2, 0) is 31.3 Å². The van der Waals surface area contributed by atoms with Gasteiger partial charge in [-0.1, -0.05) is 35.0 Å². The number of carbonyl (C=O) groups excluding carboxylic acids is 3. The molecule has 4 heterocycles. The Morgan fingerprint density at radius 1 is 1.17 bits per heavy atom. The van der Waals surface area contributed by atoms with Gasteiger partial charge in [0.25, 0.3) is 5.91 Å². The van der Waals surface area contributed by atoms with Crippen molar-refractivity contribution in [2.24, 2.45) is 5.92 Å². The summed E-state index contributed by atoms with van der Waals surface area (Å²) < 4.78 is 23.6. The van der Waals surface area contributed by atoms with Gasteiger partial charge in [0.15, 0.2) is 5.60 Å². The first kappa shape index (κ1) is 29.5. The number of β-lactam (4-membered cyclic amide) rings is 1. The quantitative estimate of drug-likeness (QED) is 0.260. The van der Waals surface area contributed by atoms with E-state index in [2.05, 4.69) is 15.9 Å². The van der Waals surface area contributed by atoms with Gasteiger partial charge in [0.05, 0.1) is 37.4 Å². The third-order valence-corrected chi connectivity index (χ3v) is 12.6. The maximum Gasteiger partial charge on any atom is 0.264 e. The van der Waals surface area contributed by atoms with Crippen LogP contribution >= 0.6 is 15.9 Å². The van der Waals surface area contributed by atoms with Crippen LogP contribution in [-0.4, -0.2) is 68.0 Å². The highest BCUT2D eigenvalue weighted by atomic mass is 79.9. The molecule has 1 spiro atoms. The Kier molecular flexibility index (Phi) is 7.60. The molecule has 0 unspecified atom stereocenters. The van der Waals surface area contributed by atoms with E-state index >= 15 is 4.11 Å². The van der Waals surface area contributed by atoms with Crippen LogP contribution in [0.25, 0.3) is 0 Å². The molecule has 224 valence electrons. The Hall–Kier alpha value is -2.60. The van der Waals surface area contributed by atoms with Crippen molar-refractivity contribution < 1.29 is 28.3 Å². The fourth-order valence-corrected chi connectivity index (χ4v) is 10.4. The first-order valence-electron chi connectivity index (χ1n) is 14.7. The molecular formula is C31H37BrFN3O5Si. The van der Waals surface area contributed by atoms with Gasteiger partial charge in [0, 0.05) is 46.7 Å². The lowest BCUT2D eigenvalue weighted by Gasteiger charge is -2.31. The van der Waals surface area contributed by atoms with Gasteiger partial charge < -0.3 is 28.7 Å². The van der Waals surface area contributed by atoms with E-state index in [1.54, 1.807) is 27.8 Å². The monoisotopic (exact) mass is 657 g/mol. The van der Waals surface area contributed by atoms with E-state index in [0.717, 1.165) is 28.6 Å². The molecule has 0 radical (unpaired) electrons. The summed E-state index contributed by atoms with van der Waals surface area (Å²) in [6, 6.07) is 13.1. The largest absolute Gasteiger partial charge is 0.394 e. The molecule has 3 amide bonds. The maximum atomic E-state index is 16.1. The van der Waals surface area contributed by atoms with Gasteiger partial charge in [-0.3, -0.25) is 14.4 Å². The van der Waals surface area contributed by atoms with E-state index in [1.165, 1.54) is 0 Å². The third-order valence-electron chi connectivity index (χ3n) is 9.65. The number of benzene rings is 2. The van der Waals surface area contributed by atoms with Gasteiger partial charge in [-0.15, -0.1) is 0 Å². The molecule has 2 aromatic rings. The number of hydrogen-bond donors (Lipinski definition) is 1. The van der Waals surface area contributed by atoms with Gasteiger partial charge >= 0.3 is 0 Å². The molecule has 3 fully saturated rings. The van der Waals surface area contributed by atoms with Crippen LogP contribution in [0.15, 0.2) is 46.9 Å². The molecule has 0 aromatic heterocycles. The second-order valence-corrected chi connectivity index (χ2v) is 17.3. The second-order valence-electron chi connectivity index (χ2n) is 12.6. The lowest BCUT2D eigenvalue weighted by Crippen LogP contribution is -2.45. The average molecular weight is 659 g/mol. The zero-order valence-electron chi connectivity index (χ0n) is 24.2. The number of carbonyl (C=O) groups is 3. The molecule has 0 bridgehead atoms. The van der Waals surface area contributed by atoms with Crippen LogP contribution in [0.2, 0.25) is 18.6 Å². The Morgan fingerprint density at radius 2 is 1.90 bits per heavy atom. The van der Waals surface area contributed by atoms with Crippen LogP contribution in [0, 0.1) is 5.92 Å². The molecule has 42 heavy (non-hydrogen) atoms. The highest BCUT2D eigenvalue weighted by Gasteiger charge is 2.67. The molecule has 4 aliphatic heterocycles. The third kappa shape index (κ3) is 4.72. The smallest absolute Gasteiger partial charge is 0.264 e. The van der Waals surface area contributed by atoms with Crippen LogP contribution in [0.4, 0.5) is 15.5 Å². The number of anilines is 2. The van der Waals surface area contributed by atoms with Crippen LogP contribution in [0.5, 0.6) is 0 Å². The summed E-state index contributed by atoms with van der Waals surface area (Å²) in [5.74, 6) is -0.816. The van der Waals surface area contributed by atoms with Crippen molar-refractivity contribution in [2.75, 3.05) is 29.5 Å². The Labute approximate surface area is 255 Å². The van der Waals surface area contributed by atoms with Crippen molar-refractivity contribution >= 4 is 53.4 Å². The lowest BCUT2D eigenvalue weighted by atomic mass is 9.82. The van der Waals surface area contributed by atoms with Crippen LogP contribution in [0.1, 0.15) is 43.7 Å². The van der Waals surface area contributed by atoms with Crippen LogP contribution < -0.4 is 9.80 Å². The van der Waals surface area contributed by atoms with E-state index in [1.807, 2.05) is 49.4 Å². The lowest BCUT2D eigenvalue weighted by molar-refractivity contribution is -0.150. The summed E-state index contributed by atoms with van der Waals surface area (Å²) in [6.45, 7) is 6.60. The standard InChI is InChI=1S/C31H37BrFN3O5Si/c1-19-29(42(2,3)33)26(16-28(39)34-13-4-5-23(34)18-37)41-31(19)24-15-21(32)8-11-25(24)36(30(31)40)17-20-6-9-22(10-7-20)35-14-12-27(35)38/h6-11,15,19,23,26,29,37H,4-5,12-14,16-18H2,1-3H3/t19-,23+,26+,29-,31+/m1/s1. The van der Waals surface area contributed by atoms with Gasteiger partial charge in [-0.2, -0.15) is 0 Å². The van der Waals surface area contributed by atoms with Crippen LogP contribution in [0.3, 0.4) is 0 Å². The average Bonchev–Trinajstić information content (AvgIpc) is 3.59. The van der Waals surface area contributed by atoms with E-state index < -0.39 is 31.6 Å². The van der Waals surface area contributed by atoms with Crippen molar-refractivity contribution in [2.45, 2.75) is 75.5 Å². The number of aliphatic hydroxyl groups excluding tert-OH is 1. The fourth-order valence-electron chi connectivity index (χ4n) is 7.57. The minimum Gasteiger partial charge on any atom is -0.394 e. The molecular weight excluding hydrogens is 621 g/mol. The number of aliphatic hydroxyl groups is 1. The van der Waals surface area contributed by atoms with Crippen molar-refractivity contribution in [3.8, 4) is 0 Å². The minimum atomic E-state index is -3.42. The summed E-state index contributed by atoms with van der Waals surface area (Å²) >= 11 is 3.56. The van der Waals surface area contributed by atoms with Gasteiger partial charge in [0.1, 0.15) is 0 Å². The minimum absolute atomic E-state index is 0.0269. The SMILES string of the molecule is C[C@@H]1[C@@H]([Si](C)(C)F)[C@H](CC(=O)N2CCC[C@H]2CO)O[C@@]12C(=O)N(Cc1ccc(N3CCC3=O)cc1)c1ccc(Br)cc12. The predicted octanol–water partition coefficient (Wildman–Crippen LogP) is 4.88. The molecule has 5 atom stereocenters. The molecule has 11 heteroatoms. The van der Waals surface area contributed by atoms with Gasteiger partial charge in [-0.25, -0.2) is 0 Å². The molecule has 0 saturated carbocycles. The summed E-state index contributed by atoms with van der Waals surface area (Å²) in [6.07, 6.45) is 1.33. The normalized spacial score (nSPS) is 29.0. The molecule has 4 aliphatic rings. The number of ether oxygens (including phenoxy) is 1. The molecule has 8 nitrogen and oxygen atoms in total. The van der Waals surface area contributed by atoms with Gasteiger partial charge in [0.2, 0.25) is 20.2 Å². The molecule has 6 rings (SSSR count). The molecule has 1 N–H and O–H groups in total. The highest BCUT2D eigenvalue weighted by Crippen LogP contribution is 2.60. The number of fused-ring (bicyclic) bond motifs is 2. The van der Waals surface area contributed by atoms with Crippen molar-refractivity contribution in [3.05, 3.63) is 58.1 Å². The fraction of sp³-hybridized carbons (Fsp3) is 0.516. The van der Waals surface area contributed by atoms with Crippen molar-refractivity contribution in [1.29, 1.82) is 0 Å². The predicted molar refractivity (Wildman–Crippen MR) is 163 cm³/mol. The topological polar surface area (TPSA) is 90.4 Å². The molecule has 0 aliphatic carbocycles. The van der Waals surface area contributed by atoms with E-state index in [4.69, 9.17) is 4.74 Å². The Balaban J connectivity index is 1.33. The summed E-state index contributed by atoms with van der Waals surface area (Å²) in [7, 11) is -3.42. The highest BCUT2D eigenvalue weighted by molar-refractivity contribution is 9.10. The zero-order chi connectivity index (χ0) is 30.0. The first-order valence-corrected chi connectivity index (χ1v) is 18.5. The number of rotatable bonds is 7. The zero-order valence-corrected chi connectivity index (χ0v) is 26.8. The van der Waals surface area contributed by atoms with Crippen molar-refractivity contribution in [1.82, 2.24) is 4.90 Å². The first-order chi connectivity index (χ1) is 20.0. The maximum absolute atomic E-state index is 16.1. The van der Waals surface area contributed by atoms with E-state index in [0.29, 0.717) is 30.8 Å². The summed E-state index contributed by atoms with van der Waals surface area (Å²) in [5, 5.41) is 9.78. The summed E-state index contributed by atoms with van der Waals surface area (Å²) in [5.41, 5.74) is 1.12. The number of hydrogen-bond acceptors (Lipinski definition) is 5. The van der Waals surface area contributed by atoms with E-state index in [9.17, 15) is 19.5 Å². The van der Waals surface area contributed by atoms with Gasteiger partial charge in [-0.05, 0) is 61.8 Å². The molecule has 3 saturated heterocycles. The summed E-state index contributed by atoms with van der Waals surface area (Å²) in [4.78, 5) is 45.0. The number of likely N-dealkylation sites (tertiary alicyclic amines) is 1. The number of amides is 3. The second kappa shape index (κ2) is 10.8. The number of nitrogens with zero attached hydrogens (tertiary/aromatic N) is 3. The number of halogens is 2. The molecule has 2 aromatic carbocycles. The Morgan fingerprint density at radius 3 is 2.52 bits per heavy atom. The Bertz CT molecular complexity index is 1420.